The maximum atomic E-state index is 12.8. The molecule has 1 N–H and O–H groups in total. The molecule has 0 saturated carbocycles. The molecule has 0 heterocycles. The summed E-state index contributed by atoms with van der Waals surface area (Å²) in [4.78, 5) is 0. The molecule has 0 amide bonds. The van der Waals surface area contributed by atoms with Crippen LogP contribution in [0.15, 0.2) is 53.4 Å². The van der Waals surface area contributed by atoms with Crippen LogP contribution in [0.1, 0.15) is 18.4 Å². The van der Waals surface area contributed by atoms with E-state index in [0.29, 0.717) is 11.3 Å². The Labute approximate surface area is 105 Å². The quantitative estimate of drug-likeness (QED) is 0.504. The van der Waals surface area contributed by atoms with Crippen LogP contribution in [0, 0.1) is 5.82 Å². The number of ether oxygens (including phenoxy) is 1. The minimum absolute atomic E-state index is 0.151. The van der Waals surface area contributed by atoms with E-state index >= 15 is 0 Å². The van der Waals surface area contributed by atoms with E-state index in [4.69, 9.17) is 9.94 Å². The second kappa shape index (κ2) is 6.00. The fourth-order valence-electron chi connectivity index (χ4n) is 1.66. The van der Waals surface area contributed by atoms with E-state index in [-0.39, 0.29) is 12.4 Å². The van der Waals surface area contributed by atoms with Crippen LogP contribution >= 0.6 is 0 Å². The molecule has 1 aromatic carbocycles. The topological polar surface area (TPSA) is 41.8 Å². The molecule has 2 rings (SSSR count). The molecule has 0 unspecified atom stereocenters. The van der Waals surface area contributed by atoms with Crippen LogP contribution in [0.2, 0.25) is 0 Å². The Balaban J connectivity index is 2.00. The Kier molecular flexibility index (Phi) is 4.12. The third kappa shape index (κ3) is 3.20. The van der Waals surface area contributed by atoms with Crippen LogP contribution < -0.4 is 0 Å². The third-order valence-electron chi connectivity index (χ3n) is 2.63. The molecule has 0 aromatic heterocycles. The first-order valence-corrected chi connectivity index (χ1v) is 5.76. The lowest BCUT2D eigenvalue weighted by Crippen LogP contribution is -2.10. The van der Waals surface area contributed by atoms with Gasteiger partial charge in [-0.05, 0) is 49.3 Å². The van der Waals surface area contributed by atoms with Crippen molar-refractivity contribution >= 4 is 5.71 Å². The molecule has 3 nitrogen and oxygen atoms in total. The lowest BCUT2D eigenvalue weighted by atomic mass is 10.1. The van der Waals surface area contributed by atoms with E-state index < -0.39 is 0 Å². The minimum atomic E-state index is -0.324. The Bertz CT molecular complexity index is 489. The van der Waals surface area contributed by atoms with E-state index in [0.717, 1.165) is 18.6 Å². The van der Waals surface area contributed by atoms with Gasteiger partial charge >= 0.3 is 0 Å². The largest absolute Gasteiger partial charge is 0.487 e. The van der Waals surface area contributed by atoms with Crippen LogP contribution in [0.3, 0.4) is 0 Å². The molecule has 0 atom stereocenters. The molecule has 94 valence electrons. The zero-order valence-corrected chi connectivity index (χ0v) is 9.84. The highest BCUT2D eigenvalue weighted by Gasteiger charge is 2.07. The van der Waals surface area contributed by atoms with Gasteiger partial charge in [0, 0.05) is 5.56 Å². The number of hydrogen-bond acceptors (Lipinski definition) is 3. The fourth-order valence-corrected chi connectivity index (χ4v) is 1.66. The highest BCUT2D eigenvalue weighted by atomic mass is 19.1. The van der Waals surface area contributed by atoms with Gasteiger partial charge in [0.2, 0.25) is 0 Å². The zero-order chi connectivity index (χ0) is 12.8. The average molecular weight is 247 g/mol. The number of hydrogen-bond donors (Lipinski definition) is 1. The maximum absolute atomic E-state index is 12.8. The first kappa shape index (κ1) is 12.4. The van der Waals surface area contributed by atoms with Crippen molar-refractivity contribution in [2.24, 2.45) is 5.16 Å². The van der Waals surface area contributed by atoms with Gasteiger partial charge in [0.05, 0.1) is 0 Å². The van der Waals surface area contributed by atoms with E-state index in [9.17, 15) is 4.39 Å². The standard InChI is InChI=1S/C14H14FNO2/c15-12-8-6-11(7-9-12)14(16-17)10-18-13-4-2-1-3-5-13/h2,4-9,17H,1,3,10H2/b16-14+. The molecule has 0 saturated heterocycles. The van der Waals surface area contributed by atoms with Crippen molar-refractivity contribution in [1.29, 1.82) is 0 Å². The molecule has 1 aromatic rings. The third-order valence-corrected chi connectivity index (χ3v) is 2.63. The van der Waals surface area contributed by atoms with Crippen molar-refractivity contribution in [3.63, 3.8) is 0 Å². The SMILES string of the molecule is O/N=C(\COC1=CCCC=C1)c1ccc(F)cc1. The second-order valence-corrected chi connectivity index (χ2v) is 3.93. The molecule has 1 aliphatic rings. The van der Waals surface area contributed by atoms with Crippen LogP contribution in [0.5, 0.6) is 0 Å². The number of oxime groups is 1. The average Bonchev–Trinajstić information content (AvgIpc) is 2.42. The Hall–Kier alpha value is -2.10. The number of allylic oxidation sites excluding steroid dienone is 3. The maximum Gasteiger partial charge on any atom is 0.134 e. The summed E-state index contributed by atoms with van der Waals surface area (Å²) in [5, 5.41) is 12.1. The summed E-state index contributed by atoms with van der Waals surface area (Å²) in [6.07, 6.45) is 7.88. The fraction of sp³-hybridized carbons (Fsp3) is 0.214. The van der Waals surface area contributed by atoms with Crippen molar-refractivity contribution in [3.8, 4) is 0 Å². The lowest BCUT2D eigenvalue weighted by Gasteiger charge is -2.10. The summed E-state index contributed by atoms with van der Waals surface area (Å²) in [6, 6.07) is 5.75. The molecular formula is C14H14FNO2. The van der Waals surface area contributed by atoms with Gasteiger partial charge in [0.15, 0.2) is 0 Å². The van der Waals surface area contributed by atoms with Crippen molar-refractivity contribution in [3.05, 3.63) is 59.6 Å². The van der Waals surface area contributed by atoms with Crippen LogP contribution in [0.4, 0.5) is 4.39 Å². The van der Waals surface area contributed by atoms with E-state index in [1.165, 1.54) is 12.1 Å². The Morgan fingerprint density at radius 3 is 2.67 bits per heavy atom. The number of halogens is 1. The molecule has 0 spiro atoms. The Morgan fingerprint density at radius 2 is 2.06 bits per heavy atom. The predicted octanol–water partition coefficient (Wildman–Crippen LogP) is 3.25. The molecule has 0 bridgehead atoms. The highest BCUT2D eigenvalue weighted by Crippen LogP contribution is 2.12. The van der Waals surface area contributed by atoms with E-state index in [1.807, 2.05) is 18.2 Å². The lowest BCUT2D eigenvalue weighted by molar-refractivity contribution is 0.260. The summed E-state index contributed by atoms with van der Waals surface area (Å²) >= 11 is 0. The first-order valence-electron chi connectivity index (χ1n) is 5.76. The molecular weight excluding hydrogens is 233 g/mol. The van der Waals surface area contributed by atoms with Gasteiger partial charge < -0.3 is 9.94 Å². The Morgan fingerprint density at radius 1 is 1.28 bits per heavy atom. The summed E-state index contributed by atoms with van der Waals surface area (Å²) in [6.45, 7) is 0.151. The summed E-state index contributed by atoms with van der Waals surface area (Å²) in [5.74, 6) is 0.444. The van der Waals surface area contributed by atoms with Gasteiger partial charge in [-0.15, -0.1) is 0 Å². The van der Waals surface area contributed by atoms with Crippen LogP contribution in [-0.2, 0) is 4.74 Å². The van der Waals surface area contributed by atoms with E-state index in [1.54, 1.807) is 12.1 Å². The molecule has 0 aliphatic heterocycles. The van der Waals surface area contributed by atoms with Crippen molar-refractivity contribution in [1.82, 2.24) is 0 Å². The van der Waals surface area contributed by atoms with Crippen molar-refractivity contribution in [2.45, 2.75) is 12.8 Å². The van der Waals surface area contributed by atoms with Gasteiger partial charge in [-0.25, -0.2) is 4.39 Å². The minimum Gasteiger partial charge on any atom is -0.487 e. The smallest absolute Gasteiger partial charge is 0.134 e. The predicted molar refractivity (Wildman–Crippen MR) is 67.1 cm³/mol. The number of benzene rings is 1. The summed E-state index contributed by atoms with van der Waals surface area (Å²) in [5.41, 5.74) is 1.01. The molecule has 18 heavy (non-hydrogen) atoms. The first-order chi connectivity index (χ1) is 8.79. The second-order valence-electron chi connectivity index (χ2n) is 3.93. The molecule has 4 heteroatoms. The monoisotopic (exact) mass is 247 g/mol. The van der Waals surface area contributed by atoms with Gasteiger partial charge in [-0.1, -0.05) is 11.2 Å². The molecule has 0 fully saturated rings. The van der Waals surface area contributed by atoms with Crippen LogP contribution in [0.25, 0.3) is 0 Å². The van der Waals surface area contributed by atoms with Crippen LogP contribution in [-0.4, -0.2) is 17.5 Å². The summed E-state index contributed by atoms with van der Waals surface area (Å²) < 4.78 is 18.3. The molecule has 0 radical (unpaired) electrons. The van der Waals surface area contributed by atoms with Crippen molar-refractivity contribution in [2.75, 3.05) is 6.61 Å². The number of nitrogens with zero attached hydrogens (tertiary/aromatic N) is 1. The normalized spacial score (nSPS) is 15.4. The van der Waals surface area contributed by atoms with E-state index in [2.05, 4.69) is 5.16 Å². The van der Waals surface area contributed by atoms with Crippen molar-refractivity contribution < 1.29 is 14.3 Å². The van der Waals surface area contributed by atoms with Gasteiger partial charge in [0.25, 0.3) is 0 Å². The molecule has 1 aliphatic carbocycles. The highest BCUT2D eigenvalue weighted by molar-refractivity contribution is 6.01. The van der Waals surface area contributed by atoms with Gasteiger partial charge in [-0.3, -0.25) is 0 Å². The number of rotatable bonds is 4. The van der Waals surface area contributed by atoms with Gasteiger partial charge in [0.1, 0.15) is 23.9 Å². The zero-order valence-electron chi connectivity index (χ0n) is 9.84. The summed E-state index contributed by atoms with van der Waals surface area (Å²) in [7, 11) is 0. The van der Waals surface area contributed by atoms with Gasteiger partial charge in [-0.2, -0.15) is 0 Å².